The Morgan fingerprint density at radius 2 is 2.04 bits per heavy atom. The van der Waals surface area contributed by atoms with Gasteiger partial charge < -0.3 is 10.1 Å². The van der Waals surface area contributed by atoms with E-state index in [1.165, 1.54) is 18.5 Å². The van der Waals surface area contributed by atoms with Gasteiger partial charge in [-0.3, -0.25) is 9.78 Å². The topological polar surface area (TPSA) is 64.1 Å². The maximum Gasteiger partial charge on any atom is 0.244 e. The Labute approximate surface area is 160 Å². The standard InChI is InChI=1S/C21H17F2N3O2/c1-14(26-20(27)8-5-16-11-17(22)6-7-19(16)23)15-3-2-4-18(12-15)28-21-13-24-9-10-25-21/h2-14H,1H3,(H,26,27)/b8-5+/t14-/m0/s1. The molecule has 0 saturated carbocycles. The van der Waals surface area contributed by atoms with Crippen LogP contribution in [0.15, 0.2) is 67.1 Å². The molecule has 1 atom stereocenters. The molecule has 1 heterocycles. The first-order valence-electron chi connectivity index (χ1n) is 8.49. The number of carbonyl (C=O) groups is 1. The lowest BCUT2D eigenvalue weighted by atomic mass is 10.1. The van der Waals surface area contributed by atoms with Crippen molar-refractivity contribution in [2.45, 2.75) is 13.0 Å². The Bertz CT molecular complexity index is 994. The Hall–Kier alpha value is -3.61. The number of rotatable bonds is 6. The zero-order chi connectivity index (χ0) is 19.9. The first-order valence-corrected chi connectivity index (χ1v) is 8.49. The molecule has 2 aromatic carbocycles. The van der Waals surface area contributed by atoms with Crippen molar-refractivity contribution in [3.63, 3.8) is 0 Å². The molecule has 142 valence electrons. The van der Waals surface area contributed by atoms with Crippen molar-refractivity contribution < 1.29 is 18.3 Å². The molecule has 1 aromatic heterocycles. The highest BCUT2D eigenvalue weighted by Gasteiger charge is 2.10. The third kappa shape index (κ3) is 5.20. The van der Waals surface area contributed by atoms with Crippen LogP contribution in [0.1, 0.15) is 24.1 Å². The molecule has 7 heteroatoms. The number of nitrogens with one attached hydrogen (secondary N) is 1. The summed E-state index contributed by atoms with van der Waals surface area (Å²) in [4.78, 5) is 20.1. The molecule has 0 fully saturated rings. The second kappa shape index (κ2) is 8.85. The fourth-order valence-corrected chi connectivity index (χ4v) is 2.46. The van der Waals surface area contributed by atoms with E-state index in [4.69, 9.17) is 4.74 Å². The minimum atomic E-state index is -0.604. The summed E-state index contributed by atoms with van der Waals surface area (Å²) < 4.78 is 32.4. The number of nitrogens with zero attached hydrogens (tertiary/aromatic N) is 2. The van der Waals surface area contributed by atoms with Crippen molar-refractivity contribution in [2.24, 2.45) is 0 Å². The number of hydrogen-bond donors (Lipinski definition) is 1. The fourth-order valence-electron chi connectivity index (χ4n) is 2.46. The molecular weight excluding hydrogens is 364 g/mol. The highest BCUT2D eigenvalue weighted by molar-refractivity contribution is 5.92. The van der Waals surface area contributed by atoms with Crippen molar-refractivity contribution >= 4 is 12.0 Å². The summed E-state index contributed by atoms with van der Waals surface area (Å²) in [5, 5.41) is 2.77. The van der Waals surface area contributed by atoms with Crippen LogP contribution < -0.4 is 10.1 Å². The lowest BCUT2D eigenvalue weighted by Gasteiger charge is -2.14. The second-order valence-electron chi connectivity index (χ2n) is 5.95. The van der Waals surface area contributed by atoms with Gasteiger partial charge >= 0.3 is 0 Å². The number of halogens is 2. The molecule has 28 heavy (non-hydrogen) atoms. The maximum atomic E-state index is 13.6. The first kappa shape index (κ1) is 19.2. The van der Waals surface area contributed by atoms with Crippen LogP contribution in [-0.4, -0.2) is 15.9 Å². The Balaban J connectivity index is 1.64. The van der Waals surface area contributed by atoms with Crippen LogP contribution in [0.3, 0.4) is 0 Å². The third-order valence-electron chi connectivity index (χ3n) is 3.85. The molecule has 5 nitrogen and oxygen atoms in total. The van der Waals surface area contributed by atoms with Crippen molar-refractivity contribution in [2.75, 3.05) is 0 Å². The monoisotopic (exact) mass is 381 g/mol. The summed E-state index contributed by atoms with van der Waals surface area (Å²) in [5.74, 6) is -0.702. The predicted octanol–water partition coefficient (Wildman–Crippen LogP) is 4.44. The van der Waals surface area contributed by atoms with Gasteiger partial charge in [0.15, 0.2) is 0 Å². The van der Waals surface area contributed by atoms with Crippen LogP contribution in [0, 0.1) is 11.6 Å². The van der Waals surface area contributed by atoms with E-state index in [9.17, 15) is 13.6 Å². The molecule has 1 N–H and O–H groups in total. The molecule has 0 unspecified atom stereocenters. The van der Waals surface area contributed by atoms with Gasteiger partial charge in [-0.1, -0.05) is 12.1 Å². The molecular formula is C21H17F2N3O2. The Morgan fingerprint density at radius 3 is 2.82 bits per heavy atom. The van der Waals surface area contributed by atoms with Crippen LogP contribution in [0.25, 0.3) is 6.08 Å². The number of aromatic nitrogens is 2. The molecule has 3 rings (SSSR count). The highest BCUT2D eigenvalue weighted by Crippen LogP contribution is 2.23. The van der Waals surface area contributed by atoms with E-state index in [0.29, 0.717) is 11.6 Å². The van der Waals surface area contributed by atoms with Crippen LogP contribution in [0.4, 0.5) is 8.78 Å². The van der Waals surface area contributed by atoms with E-state index in [0.717, 1.165) is 29.8 Å². The summed E-state index contributed by atoms with van der Waals surface area (Å²) in [6.45, 7) is 1.80. The number of ether oxygens (including phenoxy) is 1. The van der Waals surface area contributed by atoms with Crippen LogP contribution in [0.2, 0.25) is 0 Å². The van der Waals surface area contributed by atoms with Crippen molar-refractivity contribution in [1.29, 1.82) is 0 Å². The average molecular weight is 381 g/mol. The predicted molar refractivity (Wildman–Crippen MR) is 100 cm³/mol. The molecule has 0 radical (unpaired) electrons. The minimum absolute atomic E-state index is 0.00201. The van der Waals surface area contributed by atoms with Gasteiger partial charge in [0.25, 0.3) is 0 Å². The molecule has 0 aliphatic heterocycles. The Morgan fingerprint density at radius 1 is 1.18 bits per heavy atom. The van der Waals surface area contributed by atoms with Gasteiger partial charge in [-0.05, 0) is 48.9 Å². The lowest BCUT2D eigenvalue weighted by molar-refractivity contribution is -0.117. The lowest BCUT2D eigenvalue weighted by Crippen LogP contribution is -2.24. The van der Waals surface area contributed by atoms with Gasteiger partial charge in [-0.2, -0.15) is 0 Å². The molecule has 0 saturated heterocycles. The fraction of sp³-hybridized carbons (Fsp3) is 0.0952. The van der Waals surface area contributed by atoms with Gasteiger partial charge in [-0.15, -0.1) is 0 Å². The van der Waals surface area contributed by atoms with E-state index in [1.807, 2.05) is 6.07 Å². The molecule has 0 aliphatic rings. The largest absolute Gasteiger partial charge is 0.437 e. The first-order chi connectivity index (χ1) is 13.5. The SMILES string of the molecule is C[C@H](NC(=O)/C=C/c1cc(F)ccc1F)c1cccc(Oc2cnccn2)c1. The zero-order valence-electron chi connectivity index (χ0n) is 15.0. The van der Waals surface area contributed by atoms with Crippen LogP contribution in [-0.2, 0) is 4.79 Å². The van der Waals surface area contributed by atoms with Gasteiger partial charge in [-0.25, -0.2) is 13.8 Å². The molecule has 0 bridgehead atoms. The Kier molecular flexibility index (Phi) is 6.06. The molecule has 3 aromatic rings. The number of benzene rings is 2. The van der Waals surface area contributed by atoms with E-state index in [2.05, 4.69) is 15.3 Å². The number of carbonyl (C=O) groups excluding carboxylic acids is 1. The van der Waals surface area contributed by atoms with Crippen molar-refractivity contribution in [3.8, 4) is 11.6 Å². The molecule has 0 aliphatic carbocycles. The number of amides is 1. The summed E-state index contributed by atoms with van der Waals surface area (Å²) in [6.07, 6.45) is 6.95. The molecule has 1 amide bonds. The van der Waals surface area contributed by atoms with Gasteiger partial charge in [0.1, 0.15) is 17.4 Å². The summed E-state index contributed by atoms with van der Waals surface area (Å²) >= 11 is 0. The normalized spacial score (nSPS) is 12.0. The van der Waals surface area contributed by atoms with Crippen LogP contribution in [0.5, 0.6) is 11.6 Å². The quantitative estimate of drug-likeness (QED) is 0.641. The van der Waals surface area contributed by atoms with E-state index < -0.39 is 17.5 Å². The summed E-state index contributed by atoms with van der Waals surface area (Å²) in [7, 11) is 0. The second-order valence-corrected chi connectivity index (χ2v) is 5.95. The highest BCUT2D eigenvalue weighted by atomic mass is 19.1. The van der Waals surface area contributed by atoms with Crippen molar-refractivity contribution in [3.05, 3.63) is 89.9 Å². The van der Waals surface area contributed by atoms with Gasteiger partial charge in [0, 0.05) is 24.0 Å². The van der Waals surface area contributed by atoms with Gasteiger partial charge in [0.05, 0.1) is 12.2 Å². The third-order valence-corrected chi connectivity index (χ3v) is 3.85. The summed E-state index contributed by atoms with van der Waals surface area (Å²) in [6, 6.07) is 9.89. The van der Waals surface area contributed by atoms with E-state index >= 15 is 0 Å². The van der Waals surface area contributed by atoms with E-state index in [-0.39, 0.29) is 11.6 Å². The zero-order valence-corrected chi connectivity index (χ0v) is 15.0. The average Bonchev–Trinajstić information content (AvgIpc) is 2.69. The summed E-state index contributed by atoms with van der Waals surface area (Å²) in [5.41, 5.74) is 0.808. The van der Waals surface area contributed by atoms with Crippen LogP contribution >= 0.6 is 0 Å². The number of hydrogen-bond acceptors (Lipinski definition) is 4. The van der Waals surface area contributed by atoms with Gasteiger partial charge in [0.2, 0.25) is 11.8 Å². The molecule has 0 spiro atoms. The minimum Gasteiger partial charge on any atom is -0.437 e. The maximum absolute atomic E-state index is 13.6. The van der Waals surface area contributed by atoms with E-state index in [1.54, 1.807) is 31.3 Å². The van der Waals surface area contributed by atoms with Crippen molar-refractivity contribution in [1.82, 2.24) is 15.3 Å². The smallest absolute Gasteiger partial charge is 0.244 e.